The first-order valence-electron chi connectivity index (χ1n) is 8.72. The van der Waals surface area contributed by atoms with Crippen LogP contribution < -0.4 is 15.8 Å². The maximum Gasteiger partial charge on any atom is 0.422 e. The van der Waals surface area contributed by atoms with Crippen LogP contribution in [-0.4, -0.2) is 35.7 Å². The summed E-state index contributed by atoms with van der Waals surface area (Å²) in [7, 11) is 0. The van der Waals surface area contributed by atoms with E-state index in [2.05, 4.69) is 10.9 Å². The Morgan fingerprint density at radius 2 is 2.00 bits per heavy atom. The van der Waals surface area contributed by atoms with Crippen LogP contribution in [0.2, 0.25) is 0 Å². The molecule has 8 nitrogen and oxygen atoms in total. The number of anilines is 1. The van der Waals surface area contributed by atoms with E-state index in [0.29, 0.717) is 25.5 Å². The van der Waals surface area contributed by atoms with Crippen molar-refractivity contribution in [2.24, 2.45) is 0 Å². The van der Waals surface area contributed by atoms with Gasteiger partial charge in [0, 0.05) is 25.2 Å². The Bertz CT molecular complexity index is 734. The lowest BCUT2D eigenvalue weighted by molar-refractivity contribution is -0.384. The van der Waals surface area contributed by atoms with Gasteiger partial charge < -0.3 is 9.64 Å². The van der Waals surface area contributed by atoms with Crippen molar-refractivity contribution in [1.29, 1.82) is 0 Å². The van der Waals surface area contributed by atoms with Crippen LogP contribution in [0.3, 0.4) is 0 Å². The molecule has 1 heterocycles. The Morgan fingerprint density at radius 1 is 1.32 bits per heavy atom. The van der Waals surface area contributed by atoms with Crippen LogP contribution in [0, 0.1) is 10.1 Å². The number of ether oxygens (including phenoxy) is 1. The molecule has 2 N–H and O–H groups in total. The second-order valence-corrected chi connectivity index (χ2v) is 7.51. The summed E-state index contributed by atoms with van der Waals surface area (Å²) >= 11 is 0. The quantitative estimate of drug-likeness (QED) is 0.588. The van der Waals surface area contributed by atoms with E-state index in [0.717, 1.165) is 12.1 Å². The highest BCUT2D eigenvalue weighted by molar-refractivity contribution is 5.67. The molecule has 0 aliphatic carbocycles. The topological polar surface area (TPSA) is 96.7 Å². The molecule has 1 saturated heterocycles. The van der Waals surface area contributed by atoms with Crippen molar-refractivity contribution < 1.29 is 27.6 Å². The molecule has 28 heavy (non-hydrogen) atoms. The lowest BCUT2D eigenvalue weighted by Crippen LogP contribution is -2.53. The van der Waals surface area contributed by atoms with E-state index < -0.39 is 34.0 Å². The van der Waals surface area contributed by atoms with Crippen molar-refractivity contribution in [3.63, 3.8) is 0 Å². The molecule has 1 unspecified atom stereocenters. The van der Waals surface area contributed by atoms with Gasteiger partial charge in [-0.25, -0.2) is 10.2 Å². The van der Waals surface area contributed by atoms with Crippen molar-refractivity contribution in [2.75, 3.05) is 18.0 Å². The Kier molecular flexibility index (Phi) is 6.37. The number of alkyl halides is 3. The number of piperidine rings is 1. The summed E-state index contributed by atoms with van der Waals surface area (Å²) < 4.78 is 43.7. The number of hydrogen-bond acceptors (Lipinski definition) is 6. The molecule has 0 radical (unpaired) electrons. The molecule has 11 heteroatoms. The Balaban J connectivity index is 2.09. The third-order valence-electron chi connectivity index (χ3n) is 4.04. The Hall–Kier alpha value is -2.56. The van der Waals surface area contributed by atoms with E-state index in [4.69, 9.17) is 4.74 Å². The number of hydrogen-bond donors (Lipinski definition) is 2. The highest BCUT2D eigenvalue weighted by Crippen LogP contribution is 2.37. The van der Waals surface area contributed by atoms with Crippen LogP contribution >= 0.6 is 0 Å². The smallest absolute Gasteiger partial charge is 0.422 e. The van der Waals surface area contributed by atoms with Gasteiger partial charge in [0.25, 0.3) is 5.69 Å². The Labute approximate surface area is 160 Å². The van der Waals surface area contributed by atoms with Crippen LogP contribution in [0.4, 0.5) is 29.3 Å². The summed E-state index contributed by atoms with van der Waals surface area (Å²) in [6.07, 6.45) is -4.00. The predicted octanol–water partition coefficient (Wildman–Crippen LogP) is 3.61. The maximum absolute atomic E-state index is 12.9. The molecule has 1 fully saturated rings. The average molecular weight is 404 g/mol. The molecule has 1 aromatic rings. The normalized spacial score (nSPS) is 17.9. The van der Waals surface area contributed by atoms with Gasteiger partial charge in [0.05, 0.1) is 10.5 Å². The van der Waals surface area contributed by atoms with E-state index in [1.807, 2.05) is 0 Å². The lowest BCUT2D eigenvalue weighted by atomic mass is 10.0. The van der Waals surface area contributed by atoms with Crippen molar-refractivity contribution >= 4 is 17.5 Å². The van der Waals surface area contributed by atoms with Crippen LogP contribution in [0.25, 0.3) is 0 Å². The number of nitrogens with zero attached hydrogens (tertiary/aromatic N) is 2. The zero-order valence-corrected chi connectivity index (χ0v) is 15.8. The van der Waals surface area contributed by atoms with Gasteiger partial charge in [-0.2, -0.15) is 13.2 Å². The molecular weight excluding hydrogens is 381 g/mol. The molecule has 1 amide bonds. The second kappa shape index (κ2) is 8.21. The SMILES string of the molecule is CC(C)(C)OC(=O)NNC1CCCN(c2ccc(C(F)(F)F)cc2[N+](=O)[O-])C1. The molecule has 156 valence electrons. The molecule has 0 bridgehead atoms. The number of nitro benzene ring substituents is 1. The van der Waals surface area contributed by atoms with Gasteiger partial charge in [0.15, 0.2) is 0 Å². The van der Waals surface area contributed by atoms with Crippen LogP contribution in [0.15, 0.2) is 18.2 Å². The number of carbonyl (C=O) groups excluding carboxylic acids is 1. The zero-order chi connectivity index (χ0) is 21.1. The van der Waals surface area contributed by atoms with Gasteiger partial charge >= 0.3 is 12.3 Å². The summed E-state index contributed by atoms with van der Waals surface area (Å²) in [5.41, 5.74) is 3.02. The highest BCUT2D eigenvalue weighted by Gasteiger charge is 2.34. The number of hydrazine groups is 1. The number of benzene rings is 1. The standard InChI is InChI=1S/C17H23F3N4O4/c1-16(2,3)28-15(25)22-21-12-5-4-8-23(10-12)13-7-6-11(17(18,19)20)9-14(13)24(26)27/h6-7,9,12,21H,4-5,8,10H2,1-3H3,(H,22,25). The van der Waals surface area contributed by atoms with Gasteiger partial charge in [-0.1, -0.05) is 0 Å². The average Bonchev–Trinajstić information content (AvgIpc) is 2.57. The van der Waals surface area contributed by atoms with Gasteiger partial charge in [-0.05, 0) is 45.7 Å². The van der Waals surface area contributed by atoms with Crippen LogP contribution in [-0.2, 0) is 10.9 Å². The highest BCUT2D eigenvalue weighted by atomic mass is 19.4. The maximum atomic E-state index is 12.9. The summed E-state index contributed by atoms with van der Waals surface area (Å²) in [5.74, 6) is 0. The first-order chi connectivity index (χ1) is 12.9. The minimum absolute atomic E-state index is 0.113. The van der Waals surface area contributed by atoms with E-state index in [-0.39, 0.29) is 18.3 Å². The molecule has 1 aliphatic rings. The molecule has 1 aliphatic heterocycles. The fourth-order valence-corrected chi connectivity index (χ4v) is 2.89. The molecule has 0 aromatic heterocycles. The lowest BCUT2D eigenvalue weighted by Gasteiger charge is -2.34. The van der Waals surface area contributed by atoms with Gasteiger partial charge in [-0.15, -0.1) is 0 Å². The van der Waals surface area contributed by atoms with Crippen molar-refractivity contribution in [1.82, 2.24) is 10.9 Å². The van der Waals surface area contributed by atoms with Crippen molar-refractivity contribution in [3.05, 3.63) is 33.9 Å². The molecule has 0 spiro atoms. The third kappa shape index (κ3) is 5.98. The largest absolute Gasteiger partial charge is 0.443 e. The van der Waals surface area contributed by atoms with Gasteiger partial charge in [0.2, 0.25) is 0 Å². The molecule has 1 atom stereocenters. The number of amides is 1. The summed E-state index contributed by atoms with van der Waals surface area (Å²) in [6.45, 7) is 5.90. The van der Waals surface area contributed by atoms with Gasteiger partial charge in [0.1, 0.15) is 11.3 Å². The van der Waals surface area contributed by atoms with Gasteiger partial charge in [-0.3, -0.25) is 15.5 Å². The zero-order valence-electron chi connectivity index (χ0n) is 15.8. The molecule has 2 rings (SSSR count). The third-order valence-corrected chi connectivity index (χ3v) is 4.04. The fraction of sp³-hybridized carbons (Fsp3) is 0.588. The molecule has 1 aromatic carbocycles. The molecular formula is C17H23F3N4O4. The van der Waals surface area contributed by atoms with Crippen molar-refractivity contribution in [3.8, 4) is 0 Å². The fourth-order valence-electron chi connectivity index (χ4n) is 2.89. The number of halogens is 3. The second-order valence-electron chi connectivity index (χ2n) is 7.51. The first-order valence-corrected chi connectivity index (χ1v) is 8.72. The van der Waals surface area contributed by atoms with Crippen LogP contribution in [0.5, 0.6) is 0 Å². The number of carbonyl (C=O) groups is 1. The van der Waals surface area contributed by atoms with E-state index in [1.54, 1.807) is 25.7 Å². The number of rotatable bonds is 4. The minimum Gasteiger partial charge on any atom is -0.443 e. The first kappa shape index (κ1) is 21.7. The monoisotopic (exact) mass is 404 g/mol. The summed E-state index contributed by atoms with van der Waals surface area (Å²) in [5, 5.41) is 11.3. The summed E-state index contributed by atoms with van der Waals surface area (Å²) in [4.78, 5) is 23.8. The summed E-state index contributed by atoms with van der Waals surface area (Å²) in [6, 6.07) is 2.25. The van der Waals surface area contributed by atoms with E-state index >= 15 is 0 Å². The van der Waals surface area contributed by atoms with Crippen LogP contribution in [0.1, 0.15) is 39.2 Å². The predicted molar refractivity (Wildman–Crippen MR) is 95.8 cm³/mol. The molecule has 0 saturated carbocycles. The Morgan fingerprint density at radius 3 is 2.57 bits per heavy atom. The van der Waals surface area contributed by atoms with E-state index in [1.165, 1.54) is 0 Å². The number of nitrogens with one attached hydrogen (secondary N) is 2. The minimum atomic E-state index is -4.66. The number of nitro groups is 1. The van der Waals surface area contributed by atoms with Crippen molar-refractivity contribution in [2.45, 2.75) is 51.4 Å². The van der Waals surface area contributed by atoms with E-state index in [9.17, 15) is 28.1 Å².